The van der Waals surface area contributed by atoms with Gasteiger partial charge >= 0.3 is 0 Å². The van der Waals surface area contributed by atoms with Crippen molar-refractivity contribution in [3.05, 3.63) is 74.8 Å². The first-order chi connectivity index (χ1) is 10.0. The molecule has 4 heteroatoms. The van der Waals surface area contributed by atoms with Gasteiger partial charge in [0.2, 0.25) is 0 Å². The molecule has 0 unspecified atom stereocenters. The van der Waals surface area contributed by atoms with Crippen LogP contribution >= 0.6 is 27.5 Å². The Kier molecular flexibility index (Phi) is 3.79. The number of carbonyl (C=O) groups excluding carboxylic acids is 1. The molecule has 1 aromatic heterocycles. The lowest BCUT2D eigenvalue weighted by atomic mass is 10.0. The smallest absolute Gasteiger partial charge is 0.194 e. The van der Waals surface area contributed by atoms with E-state index in [9.17, 15) is 4.79 Å². The Morgan fingerprint density at radius 3 is 2.71 bits per heavy atom. The minimum absolute atomic E-state index is 0.0937. The van der Waals surface area contributed by atoms with Crippen molar-refractivity contribution in [2.24, 2.45) is 0 Å². The van der Waals surface area contributed by atoms with Gasteiger partial charge in [-0.2, -0.15) is 0 Å². The number of aryl methyl sites for hydroxylation is 1. The fourth-order valence-corrected chi connectivity index (χ4v) is 2.76. The van der Waals surface area contributed by atoms with Crippen LogP contribution in [-0.2, 0) is 0 Å². The normalized spacial score (nSPS) is 10.8. The van der Waals surface area contributed by atoms with Crippen molar-refractivity contribution in [3.63, 3.8) is 0 Å². The number of rotatable bonds is 2. The first kappa shape index (κ1) is 14.2. The number of pyridine rings is 1. The van der Waals surface area contributed by atoms with Crippen molar-refractivity contribution in [1.82, 2.24) is 4.98 Å². The average Bonchev–Trinajstić information content (AvgIpc) is 2.48. The highest BCUT2D eigenvalue weighted by molar-refractivity contribution is 9.10. The molecule has 0 saturated carbocycles. The molecule has 104 valence electrons. The van der Waals surface area contributed by atoms with Gasteiger partial charge in [-0.15, -0.1) is 0 Å². The highest BCUT2D eigenvalue weighted by Crippen LogP contribution is 2.25. The highest BCUT2D eigenvalue weighted by atomic mass is 79.9. The molecule has 0 atom stereocenters. The van der Waals surface area contributed by atoms with E-state index in [1.54, 1.807) is 18.2 Å². The van der Waals surface area contributed by atoms with Gasteiger partial charge < -0.3 is 0 Å². The number of nitrogens with zero attached hydrogens (tertiary/aromatic N) is 1. The minimum atomic E-state index is -0.0937. The van der Waals surface area contributed by atoms with Crippen LogP contribution in [-0.4, -0.2) is 10.8 Å². The second-order valence-corrected chi connectivity index (χ2v) is 6.14. The van der Waals surface area contributed by atoms with E-state index in [0.29, 0.717) is 16.1 Å². The van der Waals surface area contributed by atoms with Crippen LogP contribution in [0.4, 0.5) is 0 Å². The lowest BCUT2D eigenvalue weighted by Gasteiger charge is -2.06. The molecule has 0 aliphatic rings. The summed E-state index contributed by atoms with van der Waals surface area (Å²) in [5.74, 6) is -0.0937. The van der Waals surface area contributed by atoms with Crippen molar-refractivity contribution < 1.29 is 4.79 Å². The zero-order chi connectivity index (χ0) is 15.0. The summed E-state index contributed by atoms with van der Waals surface area (Å²) in [6, 6.07) is 14.7. The van der Waals surface area contributed by atoms with E-state index in [1.807, 2.05) is 37.3 Å². The Morgan fingerprint density at radius 1 is 1.10 bits per heavy atom. The van der Waals surface area contributed by atoms with Gasteiger partial charge in [-0.25, -0.2) is 0 Å². The molecular formula is C17H11BrClNO. The SMILES string of the molecule is Cc1ccc2cc(C(=O)c3cc(Br)ccc3Cl)ccc2n1. The molecule has 0 saturated heterocycles. The first-order valence-corrected chi connectivity index (χ1v) is 7.59. The Morgan fingerprint density at radius 2 is 1.90 bits per heavy atom. The summed E-state index contributed by atoms with van der Waals surface area (Å²) in [4.78, 5) is 17.0. The van der Waals surface area contributed by atoms with Crippen molar-refractivity contribution in [2.45, 2.75) is 6.92 Å². The van der Waals surface area contributed by atoms with E-state index >= 15 is 0 Å². The van der Waals surface area contributed by atoms with Crippen LogP contribution in [0.1, 0.15) is 21.6 Å². The molecule has 1 heterocycles. The molecule has 0 aliphatic carbocycles. The summed E-state index contributed by atoms with van der Waals surface area (Å²) in [5, 5.41) is 1.39. The third-order valence-electron chi connectivity index (χ3n) is 3.26. The quantitative estimate of drug-likeness (QED) is 0.589. The van der Waals surface area contributed by atoms with Crippen molar-refractivity contribution in [2.75, 3.05) is 0 Å². The lowest BCUT2D eigenvalue weighted by Crippen LogP contribution is -2.02. The van der Waals surface area contributed by atoms with Gasteiger partial charge in [0.15, 0.2) is 5.78 Å². The third kappa shape index (κ3) is 2.85. The zero-order valence-electron chi connectivity index (χ0n) is 11.2. The van der Waals surface area contributed by atoms with Crippen LogP contribution in [0.2, 0.25) is 5.02 Å². The van der Waals surface area contributed by atoms with Crippen molar-refractivity contribution in [1.29, 1.82) is 0 Å². The monoisotopic (exact) mass is 359 g/mol. The Hall–Kier alpha value is -1.71. The number of benzene rings is 2. The summed E-state index contributed by atoms with van der Waals surface area (Å²) in [6.45, 7) is 1.94. The molecule has 3 aromatic rings. The van der Waals surface area contributed by atoms with Gasteiger partial charge in [-0.3, -0.25) is 9.78 Å². The highest BCUT2D eigenvalue weighted by Gasteiger charge is 2.14. The second-order valence-electron chi connectivity index (χ2n) is 4.81. The number of carbonyl (C=O) groups is 1. The van der Waals surface area contributed by atoms with Crippen molar-refractivity contribution >= 4 is 44.2 Å². The lowest BCUT2D eigenvalue weighted by molar-refractivity contribution is 0.103. The molecule has 21 heavy (non-hydrogen) atoms. The Balaban J connectivity index is 2.09. The van der Waals surface area contributed by atoms with Crippen LogP contribution in [0.15, 0.2) is 53.0 Å². The first-order valence-electron chi connectivity index (χ1n) is 6.42. The summed E-state index contributed by atoms with van der Waals surface area (Å²) < 4.78 is 0.827. The van der Waals surface area contributed by atoms with E-state index in [4.69, 9.17) is 11.6 Å². The van der Waals surface area contributed by atoms with Crippen LogP contribution in [0.3, 0.4) is 0 Å². The van der Waals surface area contributed by atoms with E-state index < -0.39 is 0 Å². The summed E-state index contributed by atoms with van der Waals surface area (Å²) in [7, 11) is 0. The van der Waals surface area contributed by atoms with E-state index in [1.165, 1.54) is 0 Å². The van der Waals surface area contributed by atoms with Gasteiger partial charge in [0.25, 0.3) is 0 Å². The van der Waals surface area contributed by atoms with E-state index in [0.717, 1.165) is 21.1 Å². The van der Waals surface area contributed by atoms with Gasteiger partial charge in [-0.1, -0.05) is 33.6 Å². The molecule has 0 bridgehead atoms. The second kappa shape index (κ2) is 5.58. The largest absolute Gasteiger partial charge is 0.289 e. The molecule has 0 fully saturated rings. The van der Waals surface area contributed by atoms with Crippen molar-refractivity contribution in [3.8, 4) is 0 Å². The predicted octanol–water partition coefficient (Wildman–Crippen LogP) is 5.19. The molecular weight excluding hydrogens is 350 g/mol. The van der Waals surface area contributed by atoms with Crippen LogP contribution in [0.25, 0.3) is 10.9 Å². The number of aromatic nitrogens is 1. The third-order valence-corrected chi connectivity index (χ3v) is 4.09. The standard InChI is InChI=1S/C17H11BrClNO/c1-10-2-3-11-8-12(4-7-16(11)20-10)17(21)14-9-13(18)5-6-15(14)19/h2-9H,1H3. The average molecular weight is 361 g/mol. The molecule has 0 aliphatic heterocycles. The Labute approximate surface area is 135 Å². The molecule has 3 rings (SSSR count). The fourth-order valence-electron chi connectivity index (χ4n) is 2.20. The Bertz CT molecular complexity index is 861. The minimum Gasteiger partial charge on any atom is -0.289 e. The maximum atomic E-state index is 12.6. The molecule has 0 spiro atoms. The van der Waals surface area contributed by atoms with Crippen LogP contribution < -0.4 is 0 Å². The van der Waals surface area contributed by atoms with Gasteiger partial charge in [-0.05, 0) is 49.4 Å². The predicted molar refractivity (Wildman–Crippen MR) is 89.1 cm³/mol. The van der Waals surface area contributed by atoms with Gasteiger partial charge in [0.1, 0.15) is 0 Å². The summed E-state index contributed by atoms with van der Waals surface area (Å²) >= 11 is 9.49. The molecule has 0 N–H and O–H groups in total. The van der Waals surface area contributed by atoms with Crippen LogP contribution in [0.5, 0.6) is 0 Å². The number of hydrogen-bond donors (Lipinski definition) is 0. The fraction of sp³-hybridized carbons (Fsp3) is 0.0588. The summed E-state index contributed by atoms with van der Waals surface area (Å²) in [5.41, 5.74) is 2.93. The van der Waals surface area contributed by atoms with Crippen LogP contribution in [0, 0.1) is 6.92 Å². The molecule has 2 aromatic carbocycles. The zero-order valence-corrected chi connectivity index (χ0v) is 13.6. The summed E-state index contributed by atoms with van der Waals surface area (Å²) in [6.07, 6.45) is 0. The van der Waals surface area contributed by atoms with Gasteiger partial charge in [0.05, 0.1) is 10.5 Å². The topological polar surface area (TPSA) is 30.0 Å². The molecule has 2 nitrogen and oxygen atoms in total. The number of fused-ring (bicyclic) bond motifs is 1. The maximum Gasteiger partial charge on any atom is 0.194 e. The number of ketones is 1. The molecule has 0 radical (unpaired) electrons. The number of halogens is 2. The van der Waals surface area contributed by atoms with Gasteiger partial charge in [0, 0.05) is 26.7 Å². The van der Waals surface area contributed by atoms with E-state index in [2.05, 4.69) is 20.9 Å². The van der Waals surface area contributed by atoms with E-state index in [-0.39, 0.29) is 5.78 Å². The maximum absolute atomic E-state index is 12.6. The number of hydrogen-bond acceptors (Lipinski definition) is 2. The molecule has 0 amide bonds.